The van der Waals surface area contributed by atoms with E-state index < -0.39 is 11.6 Å². The highest BCUT2D eigenvalue weighted by Gasteiger charge is 2.12. The summed E-state index contributed by atoms with van der Waals surface area (Å²) in [5, 5.41) is 3.12. The van der Waals surface area contributed by atoms with Crippen molar-refractivity contribution in [2.45, 2.75) is 25.8 Å². The fourth-order valence-corrected chi connectivity index (χ4v) is 2.31. The second kappa shape index (κ2) is 6.62. The number of halogens is 2. The molecule has 0 aromatic heterocycles. The molecule has 106 valence electrons. The minimum atomic E-state index is -0.540. The molecule has 1 N–H and O–H groups in total. The molecule has 20 heavy (non-hydrogen) atoms. The van der Waals surface area contributed by atoms with Crippen LogP contribution in [0.2, 0.25) is 0 Å². The highest BCUT2D eigenvalue weighted by atomic mass is 19.1. The minimum absolute atomic E-state index is 0.104. The molecule has 0 amide bonds. The Morgan fingerprint density at radius 2 is 1.50 bits per heavy atom. The van der Waals surface area contributed by atoms with Crippen LogP contribution < -0.4 is 5.32 Å². The highest BCUT2D eigenvalue weighted by molar-refractivity contribution is 5.27. The van der Waals surface area contributed by atoms with Crippen molar-refractivity contribution in [2.24, 2.45) is 0 Å². The summed E-state index contributed by atoms with van der Waals surface area (Å²) in [5.41, 5.74) is 3.06. The van der Waals surface area contributed by atoms with Crippen LogP contribution in [-0.4, -0.2) is 7.05 Å². The third-order valence-electron chi connectivity index (χ3n) is 3.51. The van der Waals surface area contributed by atoms with E-state index in [4.69, 9.17) is 0 Å². The smallest absolute Gasteiger partial charge is 0.126 e. The van der Waals surface area contributed by atoms with Gasteiger partial charge in [0.1, 0.15) is 11.6 Å². The van der Waals surface area contributed by atoms with Gasteiger partial charge in [0.05, 0.1) is 0 Å². The molecule has 0 aliphatic rings. The van der Waals surface area contributed by atoms with Crippen LogP contribution in [0, 0.1) is 11.6 Å². The van der Waals surface area contributed by atoms with Gasteiger partial charge in [-0.05, 0) is 48.7 Å². The first kappa shape index (κ1) is 14.7. The van der Waals surface area contributed by atoms with E-state index in [9.17, 15) is 8.78 Å². The van der Waals surface area contributed by atoms with Gasteiger partial charge < -0.3 is 5.32 Å². The Kier molecular flexibility index (Phi) is 4.85. The number of nitrogens with one attached hydrogen (secondary N) is 1. The average Bonchev–Trinajstić information content (AvgIpc) is 2.44. The van der Waals surface area contributed by atoms with Crippen molar-refractivity contribution in [3.63, 3.8) is 0 Å². The van der Waals surface area contributed by atoms with E-state index in [1.165, 1.54) is 17.7 Å². The summed E-state index contributed by atoms with van der Waals surface area (Å²) in [7, 11) is 1.80. The first-order valence-corrected chi connectivity index (χ1v) is 6.83. The molecular weight excluding hydrogens is 256 g/mol. The zero-order valence-corrected chi connectivity index (χ0v) is 11.8. The lowest BCUT2D eigenvalue weighted by molar-refractivity contribution is 0.551. The molecule has 3 heteroatoms. The van der Waals surface area contributed by atoms with Gasteiger partial charge in [-0.25, -0.2) is 8.78 Å². The van der Waals surface area contributed by atoms with Crippen molar-refractivity contribution >= 4 is 0 Å². The molecule has 1 nitrogen and oxygen atoms in total. The SMILES string of the molecule is CCc1ccc(CC(NC)c2cc(F)cc(F)c2)cc1. The highest BCUT2D eigenvalue weighted by Crippen LogP contribution is 2.20. The Balaban J connectivity index is 2.19. The van der Waals surface area contributed by atoms with E-state index in [2.05, 4.69) is 36.5 Å². The molecule has 0 saturated heterocycles. The van der Waals surface area contributed by atoms with Gasteiger partial charge in [-0.2, -0.15) is 0 Å². The van der Waals surface area contributed by atoms with E-state index in [1.807, 2.05) is 0 Å². The van der Waals surface area contributed by atoms with Crippen LogP contribution in [0.15, 0.2) is 42.5 Å². The molecule has 0 bridgehead atoms. The number of hydrogen-bond donors (Lipinski definition) is 1. The molecule has 0 radical (unpaired) electrons. The van der Waals surface area contributed by atoms with Gasteiger partial charge >= 0.3 is 0 Å². The van der Waals surface area contributed by atoms with Crippen molar-refractivity contribution in [1.29, 1.82) is 0 Å². The standard InChI is InChI=1S/C17H19F2N/c1-3-12-4-6-13(7-5-12)8-17(20-2)14-9-15(18)11-16(19)10-14/h4-7,9-11,17,20H,3,8H2,1-2H3. The van der Waals surface area contributed by atoms with Gasteiger partial charge in [0.2, 0.25) is 0 Å². The summed E-state index contributed by atoms with van der Waals surface area (Å²) < 4.78 is 26.6. The fraction of sp³-hybridized carbons (Fsp3) is 0.294. The third kappa shape index (κ3) is 3.64. The van der Waals surface area contributed by atoms with Crippen molar-refractivity contribution in [2.75, 3.05) is 7.05 Å². The monoisotopic (exact) mass is 275 g/mol. The summed E-state index contributed by atoms with van der Waals surface area (Å²) in [5.74, 6) is -1.08. The lowest BCUT2D eigenvalue weighted by atomic mass is 9.98. The topological polar surface area (TPSA) is 12.0 Å². The second-order valence-corrected chi connectivity index (χ2v) is 4.92. The molecule has 1 unspecified atom stereocenters. The van der Waals surface area contributed by atoms with Crippen molar-refractivity contribution in [1.82, 2.24) is 5.32 Å². The van der Waals surface area contributed by atoms with Crippen LogP contribution >= 0.6 is 0 Å². The zero-order chi connectivity index (χ0) is 14.5. The maximum atomic E-state index is 13.3. The quantitative estimate of drug-likeness (QED) is 0.868. The Hall–Kier alpha value is -1.74. The Bertz CT molecular complexity index is 543. The van der Waals surface area contributed by atoms with Crippen molar-refractivity contribution in [3.8, 4) is 0 Å². The van der Waals surface area contributed by atoms with Gasteiger partial charge in [-0.1, -0.05) is 31.2 Å². The molecule has 0 heterocycles. The normalized spacial score (nSPS) is 12.4. The molecule has 2 rings (SSSR count). The first-order valence-electron chi connectivity index (χ1n) is 6.83. The molecule has 0 aliphatic heterocycles. The third-order valence-corrected chi connectivity index (χ3v) is 3.51. The molecular formula is C17H19F2N. The summed E-state index contributed by atoms with van der Waals surface area (Å²) in [4.78, 5) is 0. The molecule has 0 fully saturated rings. The van der Waals surface area contributed by atoms with Crippen molar-refractivity contribution < 1.29 is 8.78 Å². The van der Waals surface area contributed by atoms with Gasteiger partial charge in [-0.15, -0.1) is 0 Å². The maximum Gasteiger partial charge on any atom is 0.126 e. The van der Waals surface area contributed by atoms with Gasteiger partial charge in [0, 0.05) is 12.1 Å². The molecule has 2 aromatic rings. The molecule has 1 atom stereocenters. The van der Waals surface area contributed by atoms with E-state index >= 15 is 0 Å². The molecule has 0 aliphatic carbocycles. The predicted octanol–water partition coefficient (Wildman–Crippen LogP) is 4.03. The fourth-order valence-electron chi connectivity index (χ4n) is 2.31. The average molecular weight is 275 g/mol. The van der Waals surface area contributed by atoms with Crippen LogP contribution in [0.1, 0.15) is 29.7 Å². The largest absolute Gasteiger partial charge is 0.313 e. The van der Waals surface area contributed by atoms with Crippen LogP contribution in [0.25, 0.3) is 0 Å². The molecule has 2 aromatic carbocycles. The predicted molar refractivity (Wildman–Crippen MR) is 77.7 cm³/mol. The second-order valence-electron chi connectivity index (χ2n) is 4.92. The lowest BCUT2D eigenvalue weighted by Crippen LogP contribution is -2.19. The number of hydrogen-bond acceptors (Lipinski definition) is 1. The number of rotatable bonds is 5. The number of likely N-dealkylation sites (N-methyl/N-ethyl adjacent to an activating group) is 1. The Labute approximate surface area is 118 Å². The Morgan fingerprint density at radius 3 is 2.00 bits per heavy atom. The van der Waals surface area contributed by atoms with Crippen LogP contribution in [-0.2, 0) is 12.8 Å². The lowest BCUT2D eigenvalue weighted by Gasteiger charge is -2.17. The summed E-state index contributed by atoms with van der Waals surface area (Å²) in [6.07, 6.45) is 1.70. The number of benzene rings is 2. The summed E-state index contributed by atoms with van der Waals surface area (Å²) in [6.45, 7) is 2.11. The van der Waals surface area contributed by atoms with E-state index in [-0.39, 0.29) is 6.04 Å². The molecule has 0 spiro atoms. The zero-order valence-electron chi connectivity index (χ0n) is 11.8. The number of aryl methyl sites for hydroxylation is 1. The van der Waals surface area contributed by atoms with Gasteiger partial charge in [0.25, 0.3) is 0 Å². The molecule has 0 saturated carbocycles. The minimum Gasteiger partial charge on any atom is -0.313 e. The Morgan fingerprint density at radius 1 is 0.950 bits per heavy atom. The van der Waals surface area contributed by atoms with Crippen LogP contribution in [0.3, 0.4) is 0 Å². The maximum absolute atomic E-state index is 13.3. The first-order chi connectivity index (χ1) is 9.62. The van der Waals surface area contributed by atoms with E-state index in [0.717, 1.165) is 18.1 Å². The van der Waals surface area contributed by atoms with E-state index in [1.54, 1.807) is 7.05 Å². The van der Waals surface area contributed by atoms with E-state index in [0.29, 0.717) is 12.0 Å². The van der Waals surface area contributed by atoms with Crippen molar-refractivity contribution in [3.05, 3.63) is 70.8 Å². The summed E-state index contributed by atoms with van der Waals surface area (Å²) >= 11 is 0. The van der Waals surface area contributed by atoms with Crippen LogP contribution in [0.4, 0.5) is 8.78 Å². The summed E-state index contributed by atoms with van der Waals surface area (Å²) in [6, 6.07) is 11.9. The van der Waals surface area contributed by atoms with Crippen LogP contribution in [0.5, 0.6) is 0 Å². The van der Waals surface area contributed by atoms with Gasteiger partial charge in [0.15, 0.2) is 0 Å². The van der Waals surface area contributed by atoms with Gasteiger partial charge in [-0.3, -0.25) is 0 Å².